The van der Waals surface area contributed by atoms with Crippen LogP contribution in [0.3, 0.4) is 0 Å². The van der Waals surface area contributed by atoms with E-state index in [-0.39, 0.29) is 11.0 Å². The van der Waals surface area contributed by atoms with Crippen LogP contribution in [0, 0.1) is 22.7 Å². The van der Waals surface area contributed by atoms with Gasteiger partial charge < -0.3 is 14.9 Å². The molecule has 1 heterocycles. The Morgan fingerprint density at radius 2 is 2.14 bits per heavy atom. The second-order valence-corrected chi connectivity index (χ2v) is 10.1. The van der Waals surface area contributed by atoms with E-state index in [1.54, 1.807) is 0 Å². The Bertz CT molecular complexity index is 720. The van der Waals surface area contributed by atoms with E-state index < -0.39 is 18.4 Å². The van der Waals surface area contributed by atoms with Crippen molar-refractivity contribution in [2.24, 2.45) is 22.7 Å². The summed E-state index contributed by atoms with van der Waals surface area (Å²) < 4.78 is 4.66. The maximum Gasteiger partial charge on any atom is 0.333 e. The standard InChI is InChI=1S/C25H38O4/c1-16(9-10-20(26)19-15-22(27)29-23(19)28)11-13-24(4)18(3)12-14-25(5)17(2)7-6-8-21(24)25/h9,15,18,20-21,23,26,28H,2,6-8,10-14H2,1,3-5H3/t18-,20+,21+,23?,24-,25-/m0/s1. The quantitative estimate of drug-likeness (QED) is 0.481. The number of aliphatic hydroxyl groups is 2. The van der Waals surface area contributed by atoms with Gasteiger partial charge in [0.25, 0.3) is 0 Å². The smallest absolute Gasteiger partial charge is 0.333 e. The Hall–Kier alpha value is -1.39. The summed E-state index contributed by atoms with van der Waals surface area (Å²) in [6.45, 7) is 13.9. The van der Waals surface area contributed by atoms with Gasteiger partial charge in [-0.25, -0.2) is 4.79 Å². The van der Waals surface area contributed by atoms with Gasteiger partial charge in [-0.3, -0.25) is 0 Å². The molecule has 2 N–H and O–H groups in total. The van der Waals surface area contributed by atoms with Crippen molar-refractivity contribution in [3.05, 3.63) is 35.5 Å². The highest BCUT2D eigenvalue weighted by atomic mass is 16.6. The molecule has 0 aromatic heterocycles. The van der Waals surface area contributed by atoms with Crippen LogP contribution in [-0.2, 0) is 9.53 Å². The number of hydrogen-bond acceptors (Lipinski definition) is 4. The first-order chi connectivity index (χ1) is 13.6. The molecule has 0 bridgehead atoms. The van der Waals surface area contributed by atoms with Crippen LogP contribution in [0.5, 0.6) is 0 Å². The number of cyclic esters (lactones) is 1. The molecule has 1 unspecified atom stereocenters. The summed E-state index contributed by atoms with van der Waals surface area (Å²) >= 11 is 0. The molecule has 0 aromatic rings. The largest absolute Gasteiger partial charge is 0.429 e. The number of fused-ring (bicyclic) bond motifs is 1. The lowest BCUT2D eigenvalue weighted by atomic mass is 9.46. The summed E-state index contributed by atoms with van der Waals surface area (Å²) in [5.41, 5.74) is 3.55. The first-order valence-corrected chi connectivity index (χ1v) is 11.2. The Morgan fingerprint density at radius 3 is 2.79 bits per heavy atom. The van der Waals surface area contributed by atoms with Crippen molar-refractivity contribution in [3.8, 4) is 0 Å². The van der Waals surface area contributed by atoms with Crippen LogP contribution >= 0.6 is 0 Å². The van der Waals surface area contributed by atoms with Gasteiger partial charge in [-0.15, -0.1) is 0 Å². The number of allylic oxidation sites excluding steroid dienone is 2. The van der Waals surface area contributed by atoms with Gasteiger partial charge in [0.05, 0.1) is 6.10 Å². The molecule has 2 saturated carbocycles. The highest BCUT2D eigenvalue weighted by molar-refractivity contribution is 5.85. The minimum absolute atomic E-state index is 0.253. The Balaban J connectivity index is 1.64. The lowest BCUT2D eigenvalue weighted by Crippen LogP contribution is -2.50. The third-order valence-electron chi connectivity index (χ3n) is 8.50. The summed E-state index contributed by atoms with van der Waals surface area (Å²) in [6, 6.07) is 0. The first-order valence-electron chi connectivity index (χ1n) is 11.2. The van der Waals surface area contributed by atoms with E-state index in [0.717, 1.165) is 12.8 Å². The number of esters is 1. The van der Waals surface area contributed by atoms with Crippen molar-refractivity contribution in [1.82, 2.24) is 0 Å². The molecular weight excluding hydrogens is 364 g/mol. The van der Waals surface area contributed by atoms with E-state index in [4.69, 9.17) is 0 Å². The summed E-state index contributed by atoms with van der Waals surface area (Å²) in [7, 11) is 0. The number of ether oxygens (including phenoxy) is 1. The predicted octanol–water partition coefficient (Wildman–Crippen LogP) is 5.06. The molecule has 0 amide bonds. The van der Waals surface area contributed by atoms with Crippen molar-refractivity contribution in [2.75, 3.05) is 0 Å². The predicted molar refractivity (Wildman–Crippen MR) is 115 cm³/mol. The molecule has 4 heteroatoms. The van der Waals surface area contributed by atoms with Crippen LogP contribution in [-0.4, -0.2) is 28.6 Å². The zero-order valence-electron chi connectivity index (χ0n) is 18.5. The lowest BCUT2D eigenvalue weighted by molar-refractivity contribution is -0.151. The van der Waals surface area contributed by atoms with Gasteiger partial charge in [0, 0.05) is 11.6 Å². The van der Waals surface area contributed by atoms with Gasteiger partial charge in [-0.1, -0.05) is 44.6 Å². The van der Waals surface area contributed by atoms with Crippen LogP contribution in [0.4, 0.5) is 0 Å². The third-order valence-corrected chi connectivity index (χ3v) is 8.50. The normalized spacial score (nSPS) is 39.0. The van der Waals surface area contributed by atoms with Crippen molar-refractivity contribution >= 4 is 5.97 Å². The zero-order valence-corrected chi connectivity index (χ0v) is 18.5. The highest BCUT2D eigenvalue weighted by Crippen LogP contribution is 2.62. The van der Waals surface area contributed by atoms with Crippen LogP contribution in [0.25, 0.3) is 0 Å². The average molecular weight is 403 g/mol. The van der Waals surface area contributed by atoms with Crippen LogP contribution < -0.4 is 0 Å². The minimum Gasteiger partial charge on any atom is -0.429 e. The van der Waals surface area contributed by atoms with Crippen molar-refractivity contribution in [3.63, 3.8) is 0 Å². The average Bonchev–Trinajstić information content (AvgIpc) is 3.01. The van der Waals surface area contributed by atoms with Crippen LogP contribution in [0.15, 0.2) is 35.5 Å². The van der Waals surface area contributed by atoms with Crippen molar-refractivity contribution in [1.29, 1.82) is 0 Å². The molecule has 1 aliphatic heterocycles. The summed E-state index contributed by atoms with van der Waals surface area (Å²) in [5.74, 6) is 0.802. The molecule has 2 fully saturated rings. The summed E-state index contributed by atoms with van der Waals surface area (Å²) in [5, 5.41) is 20.0. The first kappa shape index (κ1) is 22.3. The maximum absolute atomic E-state index is 11.2. The Labute approximate surface area is 175 Å². The van der Waals surface area contributed by atoms with E-state index in [1.165, 1.54) is 49.3 Å². The molecule has 3 rings (SSSR count). The second-order valence-electron chi connectivity index (χ2n) is 10.1. The fourth-order valence-corrected chi connectivity index (χ4v) is 6.09. The van der Waals surface area contributed by atoms with Gasteiger partial charge in [0.1, 0.15) is 0 Å². The van der Waals surface area contributed by atoms with Gasteiger partial charge in [0.2, 0.25) is 6.29 Å². The molecule has 29 heavy (non-hydrogen) atoms. The molecule has 0 aromatic carbocycles. The monoisotopic (exact) mass is 402 g/mol. The Kier molecular flexibility index (Phi) is 6.45. The Morgan fingerprint density at radius 1 is 1.41 bits per heavy atom. The van der Waals surface area contributed by atoms with Crippen LogP contribution in [0.2, 0.25) is 0 Å². The maximum atomic E-state index is 11.2. The fraction of sp³-hybridized carbons (Fsp3) is 0.720. The van der Waals surface area contributed by atoms with Gasteiger partial charge in [0.15, 0.2) is 0 Å². The van der Waals surface area contributed by atoms with E-state index >= 15 is 0 Å². The third kappa shape index (κ3) is 4.25. The molecule has 3 aliphatic rings. The van der Waals surface area contributed by atoms with Gasteiger partial charge in [-0.05, 0) is 81.0 Å². The van der Waals surface area contributed by atoms with E-state index in [9.17, 15) is 15.0 Å². The minimum atomic E-state index is -1.31. The SMILES string of the molecule is C=C1CCC[C@@H]2[C@@](C)(CCC(C)=CC[C@@H](O)C3=CC(=O)OC3O)[C@@H](C)CC[C@@]12C. The van der Waals surface area contributed by atoms with Gasteiger partial charge in [-0.2, -0.15) is 0 Å². The fourth-order valence-electron chi connectivity index (χ4n) is 6.09. The topological polar surface area (TPSA) is 66.8 Å². The molecule has 2 aliphatic carbocycles. The van der Waals surface area contributed by atoms with E-state index in [0.29, 0.717) is 23.7 Å². The molecular formula is C25H38O4. The number of aliphatic hydroxyl groups excluding tert-OH is 2. The highest BCUT2D eigenvalue weighted by Gasteiger charge is 2.53. The van der Waals surface area contributed by atoms with Crippen molar-refractivity contribution < 1.29 is 19.7 Å². The summed E-state index contributed by atoms with van der Waals surface area (Å²) in [4.78, 5) is 11.2. The van der Waals surface area contributed by atoms with E-state index in [2.05, 4.69) is 39.0 Å². The molecule has 0 saturated heterocycles. The lowest BCUT2D eigenvalue weighted by Gasteiger charge is -2.59. The molecule has 162 valence electrons. The van der Waals surface area contributed by atoms with Crippen LogP contribution in [0.1, 0.15) is 79.1 Å². The molecule has 0 spiro atoms. The number of hydrogen-bond donors (Lipinski definition) is 2. The van der Waals surface area contributed by atoms with E-state index in [1.807, 2.05) is 6.08 Å². The number of carbonyl (C=O) groups is 1. The zero-order chi connectivity index (χ0) is 21.4. The molecule has 6 atom stereocenters. The molecule has 4 nitrogen and oxygen atoms in total. The number of carbonyl (C=O) groups excluding carboxylic acids is 1. The second kappa shape index (κ2) is 8.39. The summed E-state index contributed by atoms with van der Waals surface area (Å²) in [6.07, 6.45) is 9.85. The molecule has 0 radical (unpaired) electrons. The number of rotatable bonds is 6. The van der Waals surface area contributed by atoms with Crippen molar-refractivity contribution in [2.45, 2.75) is 91.5 Å². The van der Waals surface area contributed by atoms with Gasteiger partial charge >= 0.3 is 5.97 Å².